The topological polar surface area (TPSA) is 131 Å². The first-order chi connectivity index (χ1) is 18.2. The molecule has 10 nitrogen and oxygen atoms in total. The molecule has 14 heteroatoms. The summed E-state index contributed by atoms with van der Waals surface area (Å²) in [7, 11) is -3.71. The molecule has 0 aliphatic carbocycles. The molecule has 0 amide bonds. The van der Waals surface area contributed by atoms with Gasteiger partial charge >= 0.3 is 0 Å². The van der Waals surface area contributed by atoms with Crippen molar-refractivity contribution < 1.29 is 26.7 Å². The fourth-order valence-corrected chi connectivity index (χ4v) is 6.78. The number of hydrogen-bond donors (Lipinski definition) is 2. The van der Waals surface area contributed by atoms with E-state index < -0.39 is 33.0 Å². The highest BCUT2D eigenvalue weighted by Gasteiger charge is 2.31. The van der Waals surface area contributed by atoms with Gasteiger partial charge in [-0.2, -0.15) is 4.31 Å². The van der Waals surface area contributed by atoms with Crippen molar-refractivity contribution in [1.29, 1.82) is 0 Å². The van der Waals surface area contributed by atoms with Crippen LogP contribution in [0.1, 0.15) is 28.1 Å². The summed E-state index contributed by atoms with van der Waals surface area (Å²) in [5, 5.41) is 3.50. The van der Waals surface area contributed by atoms with Crippen molar-refractivity contribution in [1.82, 2.24) is 14.3 Å². The molecule has 2 saturated heterocycles. The number of nitrogens with zero attached hydrogens (tertiary/aromatic N) is 4. The third-order valence-corrected chi connectivity index (χ3v) is 9.41. The Morgan fingerprint density at radius 2 is 1.76 bits per heavy atom. The molecule has 38 heavy (non-hydrogen) atoms. The second kappa shape index (κ2) is 10.9. The SMILES string of the molecule is Nc1nc(NC2CCN(S(=O)(=O)c3ccc(N4CCOCC4)nc3)CC2)sc1C(=O)c1c(F)cccc1F. The van der Waals surface area contributed by atoms with Crippen molar-refractivity contribution in [3.05, 3.63) is 58.6 Å². The number of nitrogens with one attached hydrogen (secondary N) is 1. The van der Waals surface area contributed by atoms with Crippen LogP contribution in [0, 0.1) is 11.6 Å². The number of pyridine rings is 1. The summed E-state index contributed by atoms with van der Waals surface area (Å²) in [4.78, 5) is 23.3. The molecule has 0 saturated carbocycles. The standard InChI is InChI=1S/C24H26F2N6O4S2/c25-17-2-1-3-18(26)20(17)21(33)22-23(27)30-24(37-22)29-15-6-8-32(9-7-15)38(34,35)16-4-5-19(28-14-16)31-10-12-36-13-11-31/h1-5,14-15H,6-13,27H2,(H,29,30). The molecule has 5 rings (SSSR count). The average Bonchev–Trinajstić information content (AvgIpc) is 3.29. The average molecular weight is 565 g/mol. The van der Waals surface area contributed by atoms with Gasteiger partial charge in [0.05, 0.1) is 18.8 Å². The Hall–Kier alpha value is -3.20. The molecule has 2 fully saturated rings. The molecule has 3 N–H and O–H groups in total. The lowest BCUT2D eigenvalue weighted by atomic mass is 10.1. The molecule has 1 aromatic carbocycles. The van der Waals surface area contributed by atoms with Gasteiger partial charge < -0.3 is 20.7 Å². The number of halogens is 2. The van der Waals surface area contributed by atoms with Gasteiger partial charge in [0.1, 0.15) is 33.0 Å². The zero-order valence-electron chi connectivity index (χ0n) is 20.3. The van der Waals surface area contributed by atoms with E-state index in [9.17, 15) is 22.0 Å². The number of thiazole rings is 1. The zero-order chi connectivity index (χ0) is 26.9. The number of sulfonamides is 1. The summed E-state index contributed by atoms with van der Waals surface area (Å²) in [6.45, 7) is 3.19. The molecule has 0 atom stereocenters. The predicted octanol–water partition coefficient (Wildman–Crippen LogP) is 2.73. The van der Waals surface area contributed by atoms with Crippen LogP contribution in [0.25, 0.3) is 0 Å². The molecule has 202 valence electrons. The van der Waals surface area contributed by atoms with E-state index in [1.165, 1.54) is 16.6 Å². The minimum absolute atomic E-state index is 0.0652. The van der Waals surface area contributed by atoms with Crippen molar-refractivity contribution in [2.24, 2.45) is 0 Å². The highest BCUT2D eigenvalue weighted by atomic mass is 32.2. The number of carbonyl (C=O) groups excluding carboxylic acids is 1. The summed E-state index contributed by atoms with van der Waals surface area (Å²) < 4.78 is 61.2. The molecule has 0 radical (unpaired) electrons. The largest absolute Gasteiger partial charge is 0.382 e. The monoisotopic (exact) mass is 564 g/mol. The van der Waals surface area contributed by atoms with Crippen LogP contribution in [0.4, 0.5) is 25.5 Å². The number of anilines is 3. The van der Waals surface area contributed by atoms with E-state index in [1.54, 1.807) is 12.1 Å². The maximum atomic E-state index is 14.1. The Labute approximate surface area is 222 Å². The highest BCUT2D eigenvalue weighted by Crippen LogP contribution is 2.31. The van der Waals surface area contributed by atoms with Gasteiger partial charge in [-0.25, -0.2) is 27.2 Å². The Morgan fingerprint density at radius 3 is 2.39 bits per heavy atom. The number of benzene rings is 1. The molecule has 2 aromatic heterocycles. The number of ketones is 1. The number of piperidine rings is 1. The lowest BCUT2D eigenvalue weighted by Crippen LogP contribution is -2.42. The van der Waals surface area contributed by atoms with Gasteiger partial charge in [0.25, 0.3) is 0 Å². The summed E-state index contributed by atoms with van der Waals surface area (Å²) in [5.41, 5.74) is 5.20. The van der Waals surface area contributed by atoms with Crippen molar-refractivity contribution in [3.63, 3.8) is 0 Å². The Morgan fingerprint density at radius 1 is 1.08 bits per heavy atom. The highest BCUT2D eigenvalue weighted by molar-refractivity contribution is 7.89. The number of rotatable bonds is 7. The van der Waals surface area contributed by atoms with E-state index in [0.29, 0.717) is 50.1 Å². The van der Waals surface area contributed by atoms with E-state index in [-0.39, 0.29) is 34.7 Å². The molecule has 2 aliphatic heterocycles. The van der Waals surface area contributed by atoms with Gasteiger partial charge in [-0.3, -0.25) is 4.79 Å². The van der Waals surface area contributed by atoms with E-state index >= 15 is 0 Å². The second-order valence-electron chi connectivity index (χ2n) is 8.93. The van der Waals surface area contributed by atoms with E-state index in [0.717, 1.165) is 23.5 Å². The third kappa shape index (κ3) is 5.34. The zero-order valence-corrected chi connectivity index (χ0v) is 21.9. The number of ether oxygens (including phenoxy) is 1. The summed E-state index contributed by atoms with van der Waals surface area (Å²) in [6.07, 6.45) is 2.37. The molecule has 0 spiro atoms. The van der Waals surface area contributed by atoms with E-state index in [4.69, 9.17) is 10.5 Å². The van der Waals surface area contributed by atoms with Gasteiger partial charge in [-0.05, 0) is 37.1 Å². The molecule has 4 heterocycles. The number of nitrogens with two attached hydrogens (primary N) is 1. The first-order valence-corrected chi connectivity index (χ1v) is 14.3. The van der Waals surface area contributed by atoms with Gasteiger partial charge in [0.15, 0.2) is 5.13 Å². The number of aromatic nitrogens is 2. The van der Waals surface area contributed by atoms with Crippen LogP contribution < -0.4 is 16.0 Å². The van der Waals surface area contributed by atoms with Crippen LogP contribution in [0.3, 0.4) is 0 Å². The van der Waals surface area contributed by atoms with Gasteiger partial charge in [-0.1, -0.05) is 17.4 Å². The van der Waals surface area contributed by atoms with Crippen LogP contribution in [0.5, 0.6) is 0 Å². The van der Waals surface area contributed by atoms with Crippen molar-refractivity contribution in [2.45, 2.75) is 23.8 Å². The summed E-state index contributed by atoms with van der Waals surface area (Å²) >= 11 is 0.908. The minimum atomic E-state index is -3.71. The van der Waals surface area contributed by atoms with E-state index in [1.807, 2.05) is 4.90 Å². The van der Waals surface area contributed by atoms with Gasteiger partial charge in [0.2, 0.25) is 15.8 Å². The van der Waals surface area contributed by atoms with Crippen LogP contribution in [0.2, 0.25) is 0 Å². The lowest BCUT2D eigenvalue weighted by molar-refractivity contribution is 0.103. The third-order valence-electron chi connectivity index (χ3n) is 6.52. The Bertz CT molecular complexity index is 1400. The maximum absolute atomic E-state index is 14.1. The Kier molecular flexibility index (Phi) is 7.56. The van der Waals surface area contributed by atoms with Crippen molar-refractivity contribution in [2.75, 3.05) is 55.3 Å². The minimum Gasteiger partial charge on any atom is -0.382 e. The molecule has 0 bridgehead atoms. The maximum Gasteiger partial charge on any atom is 0.244 e. The van der Waals surface area contributed by atoms with Crippen LogP contribution in [-0.4, -0.2) is 73.9 Å². The summed E-state index contributed by atoms with van der Waals surface area (Å²) in [5.74, 6) is -2.24. The molecular formula is C24H26F2N6O4S2. The fraction of sp³-hybridized carbons (Fsp3) is 0.375. The normalized spacial score (nSPS) is 17.5. The molecule has 3 aromatic rings. The first-order valence-electron chi connectivity index (χ1n) is 12.0. The molecule has 2 aliphatic rings. The van der Waals surface area contributed by atoms with Crippen LogP contribution >= 0.6 is 11.3 Å². The molecule has 0 unspecified atom stereocenters. The fourth-order valence-electron chi connectivity index (χ4n) is 4.45. The number of hydrogen-bond acceptors (Lipinski definition) is 10. The smallest absolute Gasteiger partial charge is 0.244 e. The first kappa shape index (κ1) is 26.4. The van der Waals surface area contributed by atoms with E-state index in [2.05, 4.69) is 15.3 Å². The second-order valence-corrected chi connectivity index (χ2v) is 11.9. The van der Waals surface area contributed by atoms with Crippen molar-refractivity contribution >= 4 is 43.9 Å². The van der Waals surface area contributed by atoms with Gasteiger partial charge in [0, 0.05) is 38.4 Å². The van der Waals surface area contributed by atoms with Crippen LogP contribution in [-0.2, 0) is 14.8 Å². The number of nitrogen functional groups attached to an aromatic ring is 1. The van der Waals surface area contributed by atoms with Crippen LogP contribution in [0.15, 0.2) is 41.4 Å². The Balaban J connectivity index is 1.20. The quantitative estimate of drug-likeness (QED) is 0.416. The predicted molar refractivity (Wildman–Crippen MR) is 139 cm³/mol. The van der Waals surface area contributed by atoms with Gasteiger partial charge in [-0.15, -0.1) is 0 Å². The number of morpholine rings is 1. The van der Waals surface area contributed by atoms with Crippen molar-refractivity contribution in [3.8, 4) is 0 Å². The molecular weight excluding hydrogens is 538 g/mol. The summed E-state index contributed by atoms with van der Waals surface area (Å²) in [6, 6.07) is 6.35. The number of carbonyl (C=O) groups is 1. The lowest BCUT2D eigenvalue weighted by Gasteiger charge is -2.31.